The van der Waals surface area contributed by atoms with Gasteiger partial charge in [-0.25, -0.2) is 0 Å². The molecular weight excluding hydrogens is 162 g/mol. The molecule has 0 spiro atoms. The zero-order valence-electron chi connectivity index (χ0n) is 8.13. The van der Waals surface area contributed by atoms with Crippen molar-refractivity contribution in [3.63, 3.8) is 0 Å². The number of hydrogen-bond donors (Lipinski definition) is 1. The summed E-state index contributed by atoms with van der Waals surface area (Å²) < 4.78 is 0. The number of aromatic amines is 1. The molecule has 1 heterocycles. The van der Waals surface area contributed by atoms with Gasteiger partial charge in [0.25, 0.3) is 5.56 Å². The average Bonchev–Trinajstić information content (AvgIpc) is 2.86. The Hall–Kier alpha value is -1.05. The molecule has 13 heavy (non-hydrogen) atoms. The Morgan fingerprint density at radius 1 is 1.46 bits per heavy atom. The van der Waals surface area contributed by atoms with Crippen LogP contribution in [0.2, 0.25) is 0 Å². The van der Waals surface area contributed by atoms with Gasteiger partial charge in [-0.15, -0.1) is 0 Å². The van der Waals surface area contributed by atoms with Crippen LogP contribution in [0, 0.1) is 5.92 Å². The highest BCUT2D eigenvalue weighted by molar-refractivity contribution is 5.22. The minimum absolute atomic E-state index is 0.0504. The Morgan fingerprint density at radius 2 is 2.15 bits per heavy atom. The summed E-state index contributed by atoms with van der Waals surface area (Å²) >= 11 is 0. The topological polar surface area (TPSA) is 32.9 Å². The molecule has 2 nitrogen and oxygen atoms in total. The molecule has 0 radical (unpaired) electrons. The molecule has 0 unspecified atom stereocenters. The van der Waals surface area contributed by atoms with Gasteiger partial charge in [0.1, 0.15) is 0 Å². The lowest BCUT2D eigenvalue weighted by Gasteiger charge is -2.23. The highest BCUT2D eigenvalue weighted by Gasteiger charge is 2.40. The van der Waals surface area contributed by atoms with Crippen molar-refractivity contribution in [3.05, 3.63) is 34.2 Å². The third-order valence-electron chi connectivity index (χ3n) is 3.11. The molecule has 70 valence electrons. The maximum absolute atomic E-state index is 11.5. The predicted octanol–water partition coefficient (Wildman–Crippen LogP) is 2.06. The van der Waals surface area contributed by atoms with Gasteiger partial charge in [-0.3, -0.25) is 4.79 Å². The molecule has 0 aliphatic heterocycles. The summed E-state index contributed by atoms with van der Waals surface area (Å²) in [5.74, 6) is 0.705. The van der Waals surface area contributed by atoms with Gasteiger partial charge in [-0.05, 0) is 30.2 Å². The van der Waals surface area contributed by atoms with E-state index in [9.17, 15) is 4.79 Å². The van der Waals surface area contributed by atoms with E-state index in [4.69, 9.17) is 0 Å². The number of aromatic nitrogens is 1. The van der Waals surface area contributed by atoms with Gasteiger partial charge in [0.2, 0.25) is 0 Å². The highest BCUT2D eigenvalue weighted by atomic mass is 16.1. The van der Waals surface area contributed by atoms with Crippen molar-refractivity contribution in [2.75, 3.05) is 0 Å². The zero-order chi connectivity index (χ0) is 9.47. The molecule has 2 rings (SSSR count). The molecule has 1 N–H and O–H groups in total. The fourth-order valence-electron chi connectivity index (χ4n) is 1.95. The molecule has 0 atom stereocenters. The van der Waals surface area contributed by atoms with Crippen molar-refractivity contribution >= 4 is 0 Å². The van der Waals surface area contributed by atoms with Gasteiger partial charge in [-0.1, -0.05) is 19.9 Å². The van der Waals surface area contributed by atoms with E-state index >= 15 is 0 Å². The van der Waals surface area contributed by atoms with Crippen LogP contribution >= 0.6 is 0 Å². The lowest BCUT2D eigenvalue weighted by molar-refractivity contribution is 0.449. The molecule has 2 heteroatoms. The van der Waals surface area contributed by atoms with Crippen molar-refractivity contribution in [1.29, 1.82) is 0 Å². The zero-order valence-corrected chi connectivity index (χ0v) is 8.13. The van der Waals surface area contributed by atoms with Crippen LogP contribution in [0.15, 0.2) is 23.1 Å². The van der Waals surface area contributed by atoms with E-state index in [0.717, 1.165) is 5.56 Å². The number of rotatable bonds is 2. The van der Waals surface area contributed by atoms with Crippen LogP contribution in [0.5, 0.6) is 0 Å². The van der Waals surface area contributed by atoms with Crippen molar-refractivity contribution in [2.45, 2.75) is 32.1 Å². The molecule has 1 aromatic rings. The van der Waals surface area contributed by atoms with E-state index < -0.39 is 0 Å². The van der Waals surface area contributed by atoms with Gasteiger partial charge in [0, 0.05) is 11.8 Å². The number of H-pyrrole nitrogens is 1. The second-order valence-corrected chi connectivity index (χ2v) is 4.41. The molecule has 0 aromatic carbocycles. The Labute approximate surface area is 78.0 Å². The smallest absolute Gasteiger partial charge is 0.251 e. The standard InChI is InChI=1S/C11H15NO/c1-11(2,8-5-6-8)9-4-3-7-12-10(9)13/h3-4,7-8H,5-6H2,1-2H3,(H,12,13). The monoisotopic (exact) mass is 177 g/mol. The summed E-state index contributed by atoms with van der Waals surface area (Å²) in [6.45, 7) is 4.32. The van der Waals surface area contributed by atoms with Crippen LogP contribution < -0.4 is 5.56 Å². The van der Waals surface area contributed by atoms with E-state index in [1.807, 2.05) is 12.1 Å². The van der Waals surface area contributed by atoms with Crippen LogP contribution in [0.4, 0.5) is 0 Å². The average molecular weight is 177 g/mol. The number of hydrogen-bond acceptors (Lipinski definition) is 1. The van der Waals surface area contributed by atoms with Crippen LogP contribution in [-0.2, 0) is 5.41 Å². The predicted molar refractivity (Wildman–Crippen MR) is 52.8 cm³/mol. The van der Waals surface area contributed by atoms with Gasteiger partial charge in [0.05, 0.1) is 0 Å². The quantitative estimate of drug-likeness (QED) is 0.737. The van der Waals surface area contributed by atoms with E-state index in [-0.39, 0.29) is 11.0 Å². The van der Waals surface area contributed by atoms with Gasteiger partial charge in [-0.2, -0.15) is 0 Å². The minimum atomic E-state index is 0.0504. The van der Waals surface area contributed by atoms with Gasteiger partial charge >= 0.3 is 0 Å². The maximum Gasteiger partial charge on any atom is 0.251 e. The molecule has 1 aliphatic carbocycles. The van der Waals surface area contributed by atoms with Crippen molar-refractivity contribution < 1.29 is 0 Å². The third-order valence-corrected chi connectivity index (χ3v) is 3.11. The summed E-state index contributed by atoms with van der Waals surface area (Å²) in [5, 5.41) is 0. The molecule has 1 aromatic heterocycles. The number of nitrogens with one attached hydrogen (secondary N) is 1. The molecule has 1 saturated carbocycles. The first-order valence-corrected chi connectivity index (χ1v) is 4.80. The SMILES string of the molecule is CC(C)(c1ccc[nH]c1=O)C1CC1. The van der Waals surface area contributed by atoms with Crippen LogP contribution in [0.1, 0.15) is 32.3 Å². The van der Waals surface area contributed by atoms with E-state index in [1.54, 1.807) is 6.20 Å². The Kier molecular flexibility index (Phi) is 1.79. The van der Waals surface area contributed by atoms with Crippen molar-refractivity contribution in [2.24, 2.45) is 5.92 Å². The minimum Gasteiger partial charge on any atom is -0.329 e. The molecule has 0 saturated heterocycles. The largest absolute Gasteiger partial charge is 0.329 e. The van der Waals surface area contributed by atoms with E-state index in [2.05, 4.69) is 18.8 Å². The van der Waals surface area contributed by atoms with Crippen LogP contribution in [0.3, 0.4) is 0 Å². The van der Waals surface area contributed by atoms with Crippen molar-refractivity contribution in [3.8, 4) is 0 Å². The lowest BCUT2D eigenvalue weighted by atomic mass is 9.81. The Bertz CT molecular complexity index is 360. The van der Waals surface area contributed by atoms with E-state index in [0.29, 0.717) is 5.92 Å². The lowest BCUT2D eigenvalue weighted by Crippen LogP contribution is -2.28. The molecule has 0 bridgehead atoms. The van der Waals surface area contributed by atoms with Gasteiger partial charge in [0.15, 0.2) is 0 Å². The second kappa shape index (κ2) is 2.72. The molecule has 1 aliphatic rings. The molecule has 1 fully saturated rings. The fraction of sp³-hybridized carbons (Fsp3) is 0.545. The first kappa shape index (κ1) is 8.54. The Morgan fingerprint density at radius 3 is 2.69 bits per heavy atom. The number of pyridine rings is 1. The summed E-state index contributed by atoms with van der Waals surface area (Å²) in [6.07, 6.45) is 4.22. The summed E-state index contributed by atoms with van der Waals surface area (Å²) in [4.78, 5) is 14.3. The summed E-state index contributed by atoms with van der Waals surface area (Å²) in [7, 11) is 0. The molecular formula is C11H15NO. The maximum atomic E-state index is 11.5. The molecule has 0 amide bonds. The van der Waals surface area contributed by atoms with Gasteiger partial charge < -0.3 is 4.98 Å². The van der Waals surface area contributed by atoms with E-state index in [1.165, 1.54) is 12.8 Å². The summed E-state index contributed by atoms with van der Waals surface area (Å²) in [5.41, 5.74) is 1.05. The van der Waals surface area contributed by atoms with Crippen LogP contribution in [-0.4, -0.2) is 4.98 Å². The van der Waals surface area contributed by atoms with Crippen molar-refractivity contribution in [1.82, 2.24) is 4.98 Å². The third kappa shape index (κ3) is 1.41. The van der Waals surface area contributed by atoms with Crippen LogP contribution in [0.25, 0.3) is 0 Å². The first-order valence-electron chi connectivity index (χ1n) is 4.80. The second-order valence-electron chi connectivity index (χ2n) is 4.41. The Balaban J connectivity index is 2.44. The fourth-order valence-corrected chi connectivity index (χ4v) is 1.95. The highest BCUT2D eigenvalue weighted by Crippen LogP contribution is 2.45. The summed E-state index contributed by atoms with van der Waals surface area (Å²) in [6, 6.07) is 3.85. The first-order chi connectivity index (χ1) is 6.12. The normalized spacial score (nSPS) is 17.4.